The van der Waals surface area contributed by atoms with Crippen LogP contribution in [-0.4, -0.2) is 16.2 Å². The van der Waals surface area contributed by atoms with Gasteiger partial charge in [0.15, 0.2) is 0 Å². The van der Waals surface area contributed by atoms with E-state index < -0.39 is 5.97 Å². The van der Waals surface area contributed by atoms with Crippen LogP contribution >= 0.6 is 0 Å². The van der Waals surface area contributed by atoms with Crippen molar-refractivity contribution in [1.82, 2.24) is 0 Å². The SMILES string of the molecule is Cc1c(N)cc(O)cc1C(=O)O. The molecule has 64 valence electrons. The first kappa shape index (κ1) is 8.39. The fourth-order valence-corrected chi connectivity index (χ4v) is 0.943. The highest BCUT2D eigenvalue weighted by atomic mass is 16.4. The van der Waals surface area contributed by atoms with E-state index in [9.17, 15) is 4.79 Å². The number of phenolic OH excluding ortho intramolecular Hbond substituents is 1. The van der Waals surface area contributed by atoms with Crippen LogP contribution in [0.15, 0.2) is 12.1 Å². The minimum atomic E-state index is -1.09. The van der Waals surface area contributed by atoms with Gasteiger partial charge in [0.1, 0.15) is 5.75 Å². The van der Waals surface area contributed by atoms with E-state index >= 15 is 0 Å². The molecule has 0 aliphatic heterocycles. The highest BCUT2D eigenvalue weighted by Gasteiger charge is 2.10. The maximum Gasteiger partial charge on any atom is 0.336 e. The summed E-state index contributed by atoms with van der Waals surface area (Å²) in [6.45, 7) is 1.60. The summed E-state index contributed by atoms with van der Waals surface area (Å²) in [5.41, 5.74) is 6.23. The summed E-state index contributed by atoms with van der Waals surface area (Å²) in [5, 5.41) is 17.7. The molecule has 0 aliphatic carbocycles. The smallest absolute Gasteiger partial charge is 0.336 e. The molecule has 0 fully saturated rings. The number of nitrogens with two attached hydrogens (primary N) is 1. The first-order valence-electron chi connectivity index (χ1n) is 3.34. The van der Waals surface area contributed by atoms with Gasteiger partial charge in [0.05, 0.1) is 5.56 Å². The zero-order valence-corrected chi connectivity index (χ0v) is 6.53. The second-order valence-electron chi connectivity index (χ2n) is 2.51. The summed E-state index contributed by atoms with van der Waals surface area (Å²) in [5.74, 6) is -1.22. The van der Waals surface area contributed by atoms with E-state index in [1.807, 2.05) is 0 Å². The number of rotatable bonds is 1. The number of hydrogen-bond acceptors (Lipinski definition) is 3. The number of phenols is 1. The topological polar surface area (TPSA) is 83.5 Å². The number of aromatic carboxylic acids is 1. The van der Waals surface area contributed by atoms with Crippen molar-refractivity contribution >= 4 is 11.7 Å². The predicted octanol–water partition coefficient (Wildman–Crippen LogP) is 0.981. The number of anilines is 1. The molecule has 0 aromatic heterocycles. The number of carboxylic acids is 1. The molecule has 0 atom stereocenters. The van der Waals surface area contributed by atoms with Crippen molar-refractivity contribution in [2.45, 2.75) is 6.92 Å². The summed E-state index contributed by atoms with van der Waals surface area (Å²) < 4.78 is 0. The minimum absolute atomic E-state index is 0.0347. The van der Waals surface area contributed by atoms with Gasteiger partial charge >= 0.3 is 5.97 Å². The third-order valence-electron chi connectivity index (χ3n) is 1.66. The van der Waals surface area contributed by atoms with Crippen molar-refractivity contribution < 1.29 is 15.0 Å². The summed E-state index contributed by atoms with van der Waals surface area (Å²) >= 11 is 0. The van der Waals surface area contributed by atoms with Crippen LogP contribution in [0.2, 0.25) is 0 Å². The summed E-state index contributed by atoms with van der Waals surface area (Å²) in [6, 6.07) is 2.50. The van der Waals surface area contributed by atoms with Crippen LogP contribution in [0.1, 0.15) is 15.9 Å². The molecule has 0 amide bonds. The molecular weight excluding hydrogens is 158 g/mol. The lowest BCUT2D eigenvalue weighted by atomic mass is 10.1. The number of carbonyl (C=O) groups is 1. The Morgan fingerprint density at radius 2 is 2.08 bits per heavy atom. The summed E-state index contributed by atoms with van der Waals surface area (Å²) in [4.78, 5) is 10.6. The standard InChI is InChI=1S/C8H9NO3/c1-4-6(8(11)12)2-5(10)3-7(4)9/h2-3,10H,9H2,1H3,(H,11,12). The molecule has 4 N–H and O–H groups in total. The van der Waals surface area contributed by atoms with Gasteiger partial charge in [-0.2, -0.15) is 0 Å². The Kier molecular flexibility index (Phi) is 1.91. The maximum absolute atomic E-state index is 10.6. The lowest BCUT2D eigenvalue weighted by Crippen LogP contribution is -2.02. The molecule has 0 radical (unpaired) electrons. The molecule has 0 heterocycles. The molecule has 0 spiro atoms. The van der Waals surface area contributed by atoms with Crippen LogP contribution in [0.3, 0.4) is 0 Å². The van der Waals surface area contributed by atoms with E-state index in [1.165, 1.54) is 12.1 Å². The van der Waals surface area contributed by atoms with Crippen molar-refractivity contribution in [3.05, 3.63) is 23.3 Å². The molecule has 0 saturated carbocycles. The van der Waals surface area contributed by atoms with Crippen LogP contribution in [0.25, 0.3) is 0 Å². The maximum atomic E-state index is 10.6. The normalized spacial score (nSPS) is 9.75. The first-order chi connectivity index (χ1) is 5.52. The van der Waals surface area contributed by atoms with Gasteiger partial charge in [-0.25, -0.2) is 4.79 Å². The van der Waals surface area contributed by atoms with Crippen LogP contribution in [0.4, 0.5) is 5.69 Å². The van der Waals surface area contributed by atoms with Crippen LogP contribution in [0, 0.1) is 6.92 Å². The zero-order valence-electron chi connectivity index (χ0n) is 6.53. The van der Waals surface area contributed by atoms with Crippen LogP contribution in [-0.2, 0) is 0 Å². The minimum Gasteiger partial charge on any atom is -0.508 e. The molecule has 12 heavy (non-hydrogen) atoms. The van der Waals surface area contributed by atoms with Crippen molar-refractivity contribution in [3.63, 3.8) is 0 Å². The fourth-order valence-electron chi connectivity index (χ4n) is 0.943. The third kappa shape index (κ3) is 1.32. The molecular formula is C8H9NO3. The number of nitrogen functional groups attached to an aromatic ring is 1. The Hall–Kier alpha value is -1.71. The quantitative estimate of drug-likeness (QED) is 0.544. The molecule has 4 heteroatoms. The second kappa shape index (κ2) is 2.73. The monoisotopic (exact) mass is 167 g/mol. The van der Waals surface area contributed by atoms with Gasteiger partial charge in [0, 0.05) is 11.8 Å². The lowest BCUT2D eigenvalue weighted by molar-refractivity contribution is 0.0695. The fraction of sp³-hybridized carbons (Fsp3) is 0.125. The Labute approximate surface area is 69.3 Å². The summed E-state index contributed by atoms with van der Waals surface area (Å²) in [7, 11) is 0. The Balaban J connectivity index is 3.37. The molecule has 4 nitrogen and oxygen atoms in total. The number of aromatic hydroxyl groups is 1. The van der Waals surface area contributed by atoms with Gasteiger partial charge in [-0.3, -0.25) is 0 Å². The van der Waals surface area contributed by atoms with E-state index in [-0.39, 0.29) is 17.0 Å². The Bertz CT molecular complexity index is 333. The van der Waals surface area contributed by atoms with Crippen molar-refractivity contribution in [3.8, 4) is 5.75 Å². The predicted molar refractivity (Wildman–Crippen MR) is 44.2 cm³/mol. The molecule has 0 unspecified atom stereocenters. The molecule has 0 bridgehead atoms. The van der Waals surface area contributed by atoms with Gasteiger partial charge in [-0.15, -0.1) is 0 Å². The molecule has 1 aromatic carbocycles. The van der Waals surface area contributed by atoms with E-state index in [0.29, 0.717) is 5.56 Å². The molecule has 0 saturated heterocycles. The van der Waals surface area contributed by atoms with Crippen LogP contribution < -0.4 is 5.73 Å². The molecule has 1 aromatic rings. The number of carboxylic acid groups (broad SMARTS) is 1. The van der Waals surface area contributed by atoms with Crippen molar-refractivity contribution in [2.75, 3.05) is 5.73 Å². The van der Waals surface area contributed by atoms with E-state index in [4.69, 9.17) is 15.9 Å². The third-order valence-corrected chi connectivity index (χ3v) is 1.66. The number of hydrogen-bond donors (Lipinski definition) is 3. The molecule has 0 aliphatic rings. The molecule has 1 rings (SSSR count). The largest absolute Gasteiger partial charge is 0.508 e. The average Bonchev–Trinajstić information content (AvgIpc) is 1.96. The van der Waals surface area contributed by atoms with Crippen molar-refractivity contribution in [1.29, 1.82) is 0 Å². The van der Waals surface area contributed by atoms with Gasteiger partial charge in [-0.1, -0.05) is 0 Å². The Morgan fingerprint density at radius 3 is 2.58 bits per heavy atom. The lowest BCUT2D eigenvalue weighted by Gasteiger charge is -2.04. The van der Waals surface area contributed by atoms with E-state index in [1.54, 1.807) is 6.92 Å². The number of benzene rings is 1. The van der Waals surface area contributed by atoms with E-state index in [0.717, 1.165) is 0 Å². The zero-order chi connectivity index (χ0) is 9.30. The first-order valence-corrected chi connectivity index (χ1v) is 3.34. The van der Waals surface area contributed by atoms with Gasteiger partial charge < -0.3 is 15.9 Å². The highest BCUT2D eigenvalue weighted by molar-refractivity contribution is 5.91. The van der Waals surface area contributed by atoms with Gasteiger partial charge in [0.25, 0.3) is 0 Å². The van der Waals surface area contributed by atoms with Crippen molar-refractivity contribution in [2.24, 2.45) is 0 Å². The van der Waals surface area contributed by atoms with Crippen LogP contribution in [0.5, 0.6) is 5.75 Å². The average molecular weight is 167 g/mol. The second-order valence-corrected chi connectivity index (χ2v) is 2.51. The van der Waals surface area contributed by atoms with Gasteiger partial charge in [0.2, 0.25) is 0 Å². The van der Waals surface area contributed by atoms with Gasteiger partial charge in [-0.05, 0) is 18.6 Å². The summed E-state index contributed by atoms with van der Waals surface area (Å²) in [6.07, 6.45) is 0. The van der Waals surface area contributed by atoms with E-state index in [2.05, 4.69) is 0 Å². The Morgan fingerprint density at radius 1 is 1.50 bits per heavy atom. The highest BCUT2D eigenvalue weighted by Crippen LogP contribution is 2.22.